The van der Waals surface area contributed by atoms with E-state index in [2.05, 4.69) is 5.32 Å². The minimum Gasteiger partial charge on any atom is -0.380 e. The molecular weight excluding hydrogens is 280 g/mol. The zero-order valence-corrected chi connectivity index (χ0v) is 11.3. The standard InChI is InChI=1S/C11H15F2NO4S/c1-17-10(18-2)7-14-8-3-5-9(6-4-8)19(15,16)11(12)13/h3-6,10-11,14H,7H2,1-2H3. The van der Waals surface area contributed by atoms with Crippen LogP contribution in [0, 0.1) is 0 Å². The van der Waals surface area contributed by atoms with Crippen LogP contribution in [0.1, 0.15) is 0 Å². The SMILES string of the molecule is COC(CNc1ccc(S(=O)(=O)C(F)F)cc1)OC. The van der Waals surface area contributed by atoms with E-state index in [1.807, 2.05) is 0 Å². The highest BCUT2D eigenvalue weighted by molar-refractivity contribution is 7.91. The van der Waals surface area contributed by atoms with Gasteiger partial charge in [0.2, 0.25) is 9.84 Å². The summed E-state index contributed by atoms with van der Waals surface area (Å²) >= 11 is 0. The van der Waals surface area contributed by atoms with E-state index in [9.17, 15) is 17.2 Å². The third-order valence-electron chi connectivity index (χ3n) is 2.42. The van der Waals surface area contributed by atoms with Crippen molar-refractivity contribution >= 4 is 15.5 Å². The smallest absolute Gasteiger partial charge is 0.341 e. The van der Waals surface area contributed by atoms with Crippen molar-refractivity contribution in [2.24, 2.45) is 0 Å². The van der Waals surface area contributed by atoms with E-state index in [0.29, 0.717) is 12.2 Å². The van der Waals surface area contributed by atoms with Gasteiger partial charge in [-0.1, -0.05) is 0 Å². The van der Waals surface area contributed by atoms with Gasteiger partial charge in [0.1, 0.15) is 0 Å². The molecule has 19 heavy (non-hydrogen) atoms. The normalized spacial score (nSPS) is 12.1. The van der Waals surface area contributed by atoms with Crippen LogP contribution < -0.4 is 5.32 Å². The number of anilines is 1. The lowest BCUT2D eigenvalue weighted by molar-refractivity contribution is -0.0914. The fourth-order valence-corrected chi connectivity index (χ4v) is 2.05. The lowest BCUT2D eigenvalue weighted by Gasteiger charge is -2.15. The Labute approximate surface area is 110 Å². The predicted molar refractivity (Wildman–Crippen MR) is 65.9 cm³/mol. The molecule has 0 aliphatic heterocycles. The van der Waals surface area contributed by atoms with Gasteiger partial charge in [-0.2, -0.15) is 8.78 Å². The van der Waals surface area contributed by atoms with E-state index in [1.54, 1.807) is 0 Å². The molecule has 5 nitrogen and oxygen atoms in total. The van der Waals surface area contributed by atoms with Crippen LogP contribution in [0.15, 0.2) is 29.2 Å². The zero-order chi connectivity index (χ0) is 14.5. The highest BCUT2D eigenvalue weighted by atomic mass is 32.2. The van der Waals surface area contributed by atoms with Crippen molar-refractivity contribution < 1.29 is 26.7 Å². The monoisotopic (exact) mass is 295 g/mol. The molecule has 0 amide bonds. The molecule has 1 aromatic carbocycles. The first-order valence-electron chi connectivity index (χ1n) is 5.33. The van der Waals surface area contributed by atoms with Crippen LogP contribution in [-0.4, -0.2) is 41.2 Å². The number of nitrogens with one attached hydrogen (secondary N) is 1. The van der Waals surface area contributed by atoms with Gasteiger partial charge in [-0.25, -0.2) is 8.42 Å². The average molecular weight is 295 g/mol. The Kier molecular flexibility index (Phi) is 5.64. The van der Waals surface area contributed by atoms with Crippen molar-refractivity contribution in [3.8, 4) is 0 Å². The van der Waals surface area contributed by atoms with Gasteiger partial charge < -0.3 is 14.8 Å². The van der Waals surface area contributed by atoms with Gasteiger partial charge in [0.25, 0.3) is 0 Å². The van der Waals surface area contributed by atoms with Gasteiger partial charge in [0, 0.05) is 19.9 Å². The summed E-state index contributed by atoms with van der Waals surface area (Å²) in [6, 6.07) is 5.05. The van der Waals surface area contributed by atoms with Gasteiger partial charge in [-0.05, 0) is 24.3 Å². The molecule has 0 aliphatic carbocycles. The quantitative estimate of drug-likeness (QED) is 0.776. The Morgan fingerprint density at radius 3 is 2.11 bits per heavy atom. The van der Waals surface area contributed by atoms with E-state index in [4.69, 9.17) is 9.47 Å². The second kappa shape index (κ2) is 6.78. The van der Waals surface area contributed by atoms with Crippen molar-refractivity contribution in [3.63, 3.8) is 0 Å². The molecule has 0 spiro atoms. The molecule has 0 bridgehead atoms. The molecule has 0 aliphatic rings. The number of sulfone groups is 1. The van der Waals surface area contributed by atoms with Crippen LogP contribution in [0.2, 0.25) is 0 Å². The minimum atomic E-state index is -4.54. The van der Waals surface area contributed by atoms with Crippen LogP contribution in [-0.2, 0) is 19.3 Å². The highest BCUT2D eigenvalue weighted by Crippen LogP contribution is 2.20. The number of hydrogen-bond acceptors (Lipinski definition) is 5. The molecular formula is C11H15F2NO4S. The maximum Gasteiger partial charge on any atom is 0.341 e. The molecule has 0 fully saturated rings. The fraction of sp³-hybridized carbons (Fsp3) is 0.455. The molecule has 0 saturated carbocycles. The van der Waals surface area contributed by atoms with Crippen LogP contribution in [0.3, 0.4) is 0 Å². The van der Waals surface area contributed by atoms with Gasteiger partial charge in [-0.3, -0.25) is 0 Å². The average Bonchev–Trinajstić information content (AvgIpc) is 2.40. The molecule has 0 aromatic heterocycles. The van der Waals surface area contributed by atoms with E-state index in [0.717, 1.165) is 12.1 Å². The van der Waals surface area contributed by atoms with Crippen molar-refractivity contribution in [2.45, 2.75) is 16.9 Å². The van der Waals surface area contributed by atoms with Crippen molar-refractivity contribution in [2.75, 3.05) is 26.1 Å². The Hall–Kier alpha value is -1.25. The number of halogens is 2. The van der Waals surface area contributed by atoms with Crippen LogP contribution in [0.5, 0.6) is 0 Å². The number of benzene rings is 1. The molecule has 0 atom stereocenters. The number of hydrogen-bond donors (Lipinski definition) is 1. The molecule has 1 aromatic rings. The molecule has 0 saturated heterocycles. The van der Waals surface area contributed by atoms with Crippen LogP contribution in [0.4, 0.5) is 14.5 Å². The zero-order valence-electron chi connectivity index (χ0n) is 10.5. The summed E-state index contributed by atoms with van der Waals surface area (Å²) in [6.45, 7) is 0.341. The van der Waals surface area contributed by atoms with Crippen molar-refractivity contribution in [1.29, 1.82) is 0 Å². The van der Waals surface area contributed by atoms with Crippen molar-refractivity contribution in [1.82, 2.24) is 0 Å². The van der Waals surface area contributed by atoms with Gasteiger partial charge >= 0.3 is 5.76 Å². The molecule has 1 rings (SSSR count). The maximum absolute atomic E-state index is 12.3. The van der Waals surface area contributed by atoms with Crippen LogP contribution >= 0.6 is 0 Å². The third-order valence-corrected chi connectivity index (χ3v) is 3.81. The minimum absolute atomic E-state index is 0.341. The lowest BCUT2D eigenvalue weighted by Crippen LogP contribution is -2.23. The van der Waals surface area contributed by atoms with E-state index < -0.39 is 26.8 Å². The first-order valence-corrected chi connectivity index (χ1v) is 6.88. The summed E-state index contributed by atoms with van der Waals surface area (Å²) in [5.41, 5.74) is 0.576. The summed E-state index contributed by atoms with van der Waals surface area (Å²) in [6.07, 6.45) is -0.454. The summed E-state index contributed by atoms with van der Waals surface area (Å²) in [7, 11) is -1.58. The highest BCUT2D eigenvalue weighted by Gasteiger charge is 2.26. The number of rotatable bonds is 7. The second-order valence-electron chi connectivity index (χ2n) is 3.61. The van der Waals surface area contributed by atoms with Gasteiger partial charge in [0.05, 0.1) is 11.4 Å². The summed E-state index contributed by atoms with van der Waals surface area (Å²) in [4.78, 5) is -0.414. The molecule has 0 heterocycles. The van der Waals surface area contributed by atoms with E-state index in [1.165, 1.54) is 26.4 Å². The van der Waals surface area contributed by atoms with Crippen molar-refractivity contribution in [3.05, 3.63) is 24.3 Å². The number of ether oxygens (including phenoxy) is 2. The second-order valence-corrected chi connectivity index (χ2v) is 5.53. The summed E-state index contributed by atoms with van der Waals surface area (Å²) in [5.74, 6) is -3.42. The fourth-order valence-electron chi connectivity index (χ4n) is 1.33. The Bertz CT molecular complexity index is 486. The van der Waals surface area contributed by atoms with E-state index in [-0.39, 0.29) is 0 Å². The Morgan fingerprint density at radius 2 is 1.68 bits per heavy atom. The van der Waals surface area contributed by atoms with E-state index >= 15 is 0 Å². The predicted octanol–water partition coefficient (Wildman–Crippen LogP) is 1.71. The van der Waals surface area contributed by atoms with Gasteiger partial charge in [0.15, 0.2) is 6.29 Å². The largest absolute Gasteiger partial charge is 0.380 e. The van der Waals surface area contributed by atoms with Gasteiger partial charge in [-0.15, -0.1) is 0 Å². The summed E-state index contributed by atoms with van der Waals surface area (Å²) < 4.78 is 56.9. The lowest BCUT2D eigenvalue weighted by atomic mass is 10.3. The van der Waals surface area contributed by atoms with Crippen LogP contribution in [0.25, 0.3) is 0 Å². The molecule has 1 N–H and O–H groups in total. The topological polar surface area (TPSA) is 64.6 Å². The Morgan fingerprint density at radius 1 is 1.16 bits per heavy atom. The number of alkyl halides is 2. The molecule has 8 heteroatoms. The summed E-state index contributed by atoms with van der Waals surface area (Å²) in [5, 5.41) is 2.92. The third kappa shape index (κ3) is 4.12. The maximum atomic E-state index is 12.3. The molecule has 0 unspecified atom stereocenters. The first kappa shape index (κ1) is 15.8. The molecule has 108 valence electrons. The number of methoxy groups -OCH3 is 2. The molecule has 0 radical (unpaired) electrons. The first-order chi connectivity index (χ1) is 8.91. The Balaban J connectivity index is 2.72.